The van der Waals surface area contributed by atoms with E-state index in [4.69, 9.17) is 0 Å². The van der Waals surface area contributed by atoms with Crippen LogP contribution in [0.2, 0.25) is 0 Å². The van der Waals surface area contributed by atoms with Crippen molar-refractivity contribution in [1.82, 2.24) is 14.5 Å². The minimum Gasteiger partial charge on any atom is -0.481 e. The number of urea groups is 1. The molecule has 102 valence electrons. The van der Waals surface area contributed by atoms with Crippen LogP contribution in [0.3, 0.4) is 0 Å². The number of carbonyl (C=O) groups is 2. The summed E-state index contributed by atoms with van der Waals surface area (Å²) in [5.41, 5.74) is -0.733. The molecule has 0 unspecified atom stereocenters. The highest BCUT2D eigenvalue weighted by molar-refractivity contribution is 7.10. The van der Waals surface area contributed by atoms with Gasteiger partial charge in [-0.2, -0.15) is 0 Å². The van der Waals surface area contributed by atoms with Gasteiger partial charge in [0, 0.05) is 24.6 Å². The topological polar surface area (TPSA) is 95.4 Å². The molecule has 1 aromatic rings. The lowest BCUT2D eigenvalue weighted by Gasteiger charge is -2.23. The van der Waals surface area contributed by atoms with Crippen LogP contribution in [0.1, 0.15) is 19.3 Å². The van der Waals surface area contributed by atoms with Gasteiger partial charge in [-0.1, -0.05) is 10.9 Å². The molecular formula is C11H14N4O3S. The van der Waals surface area contributed by atoms with Crippen LogP contribution in [0, 0.1) is 11.3 Å². The number of nitrogens with one attached hydrogen (secondary N) is 1. The van der Waals surface area contributed by atoms with Crippen molar-refractivity contribution in [2.45, 2.75) is 19.3 Å². The number of carboxylic acids is 1. The van der Waals surface area contributed by atoms with Crippen LogP contribution < -0.4 is 5.32 Å². The molecule has 2 N–H and O–H groups in total. The quantitative estimate of drug-likeness (QED) is 0.851. The van der Waals surface area contributed by atoms with Crippen LogP contribution in [-0.4, -0.2) is 44.7 Å². The minimum absolute atomic E-state index is 0.0790. The monoisotopic (exact) mass is 282 g/mol. The Morgan fingerprint density at radius 2 is 2.42 bits per heavy atom. The molecule has 19 heavy (non-hydrogen) atoms. The van der Waals surface area contributed by atoms with Crippen molar-refractivity contribution in [3.8, 4) is 0 Å². The van der Waals surface area contributed by atoms with Crippen molar-refractivity contribution < 1.29 is 14.7 Å². The summed E-state index contributed by atoms with van der Waals surface area (Å²) in [6, 6.07) is -0.263. The fourth-order valence-electron chi connectivity index (χ4n) is 3.20. The number of carboxylic acid groups (broad SMARTS) is 1. The van der Waals surface area contributed by atoms with E-state index < -0.39 is 11.4 Å². The largest absolute Gasteiger partial charge is 0.481 e. The second-order valence-electron chi connectivity index (χ2n) is 5.14. The molecule has 1 aliphatic carbocycles. The Kier molecular flexibility index (Phi) is 2.89. The first-order chi connectivity index (χ1) is 9.12. The molecule has 2 heterocycles. The van der Waals surface area contributed by atoms with Gasteiger partial charge >= 0.3 is 12.0 Å². The number of likely N-dealkylation sites (tertiary alicyclic amines) is 1. The van der Waals surface area contributed by atoms with Gasteiger partial charge in [0.2, 0.25) is 0 Å². The van der Waals surface area contributed by atoms with Crippen molar-refractivity contribution in [2.24, 2.45) is 11.3 Å². The van der Waals surface area contributed by atoms with Crippen LogP contribution in [0.5, 0.6) is 0 Å². The van der Waals surface area contributed by atoms with E-state index >= 15 is 0 Å². The predicted molar refractivity (Wildman–Crippen MR) is 67.9 cm³/mol. The molecule has 2 amide bonds. The summed E-state index contributed by atoms with van der Waals surface area (Å²) >= 11 is 1.10. The van der Waals surface area contributed by atoms with Gasteiger partial charge in [0.05, 0.1) is 11.6 Å². The zero-order chi connectivity index (χ0) is 13.5. The first-order valence-corrected chi connectivity index (χ1v) is 6.96. The Morgan fingerprint density at radius 3 is 3.05 bits per heavy atom. The number of nitrogens with zero attached hydrogens (tertiary/aromatic N) is 3. The lowest BCUT2D eigenvalue weighted by Crippen LogP contribution is -2.38. The average Bonchev–Trinajstić information content (AvgIpc) is 3.01. The second kappa shape index (κ2) is 4.44. The number of amides is 2. The van der Waals surface area contributed by atoms with Crippen molar-refractivity contribution >= 4 is 28.5 Å². The van der Waals surface area contributed by atoms with Gasteiger partial charge in [-0.05, 0) is 18.8 Å². The number of aromatic nitrogens is 2. The number of aliphatic carboxylic acids is 1. The molecule has 0 radical (unpaired) electrons. The molecule has 1 aliphatic heterocycles. The first kappa shape index (κ1) is 12.3. The highest BCUT2D eigenvalue weighted by Gasteiger charge is 2.55. The number of fused-ring (bicyclic) bond motifs is 1. The van der Waals surface area contributed by atoms with E-state index in [2.05, 4.69) is 14.9 Å². The van der Waals surface area contributed by atoms with Crippen molar-refractivity contribution in [3.05, 3.63) is 6.20 Å². The third-order valence-electron chi connectivity index (χ3n) is 4.18. The second-order valence-corrected chi connectivity index (χ2v) is 5.93. The van der Waals surface area contributed by atoms with Crippen LogP contribution in [0.25, 0.3) is 0 Å². The van der Waals surface area contributed by atoms with Gasteiger partial charge in [0.15, 0.2) is 0 Å². The van der Waals surface area contributed by atoms with Crippen LogP contribution >= 0.6 is 11.5 Å². The molecular weight excluding hydrogens is 268 g/mol. The van der Waals surface area contributed by atoms with E-state index in [1.54, 1.807) is 4.90 Å². The molecule has 2 aliphatic rings. The summed E-state index contributed by atoms with van der Waals surface area (Å²) in [6.45, 7) is 0.815. The molecule has 1 saturated heterocycles. The average molecular weight is 282 g/mol. The molecule has 2 fully saturated rings. The molecule has 0 aromatic carbocycles. The lowest BCUT2D eigenvalue weighted by molar-refractivity contribution is -0.149. The normalized spacial score (nSPS) is 29.3. The van der Waals surface area contributed by atoms with E-state index in [0.717, 1.165) is 24.4 Å². The van der Waals surface area contributed by atoms with Crippen molar-refractivity contribution in [2.75, 3.05) is 18.4 Å². The Hall–Kier alpha value is -1.70. The van der Waals surface area contributed by atoms with Gasteiger partial charge in [-0.25, -0.2) is 4.79 Å². The number of rotatable bonds is 2. The molecule has 3 rings (SSSR count). The van der Waals surface area contributed by atoms with Gasteiger partial charge in [-0.15, -0.1) is 5.10 Å². The standard InChI is InChI=1S/C11H14N4O3S/c16-9(17)11-3-1-2-7(11)5-15(6-11)10(18)13-8-4-12-14-19-8/h4,7H,1-3,5-6H2,(H,13,18)(H,16,17)/t7-,11+/m0/s1. The molecule has 8 heteroatoms. The predicted octanol–water partition coefficient (Wildman–Crippen LogP) is 1.26. The zero-order valence-corrected chi connectivity index (χ0v) is 11.0. The number of anilines is 1. The number of hydrogen-bond donors (Lipinski definition) is 2. The fraction of sp³-hybridized carbons (Fsp3) is 0.636. The molecule has 1 saturated carbocycles. The van der Waals surface area contributed by atoms with Gasteiger partial charge in [-0.3, -0.25) is 10.1 Å². The Bertz CT molecular complexity index is 506. The number of carbonyl (C=O) groups excluding carboxylic acids is 1. The van der Waals surface area contributed by atoms with Crippen LogP contribution in [-0.2, 0) is 4.79 Å². The number of hydrogen-bond acceptors (Lipinski definition) is 5. The third kappa shape index (κ3) is 1.95. The Labute approximate surface area is 113 Å². The van der Waals surface area contributed by atoms with E-state index in [1.165, 1.54) is 6.20 Å². The molecule has 7 nitrogen and oxygen atoms in total. The van der Waals surface area contributed by atoms with E-state index in [1.807, 2.05) is 0 Å². The van der Waals surface area contributed by atoms with E-state index in [-0.39, 0.29) is 11.9 Å². The maximum atomic E-state index is 12.1. The van der Waals surface area contributed by atoms with Gasteiger partial charge < -0.3 is 10.0 Å². The van der Waals surface area contributed by atoms with Crippen molar-refractivity contribution in [3.63, 3.8) is 0 Å². The highest BCUT2D eigenvalue weighted by Crippen LogP contribution is 2.48. The molecule has 0 bridgehead atoms. The summed E-state index contributed by atoms with van der Waals surface area (Å²) in [5.74, 6) is -0.694. The Morgan fingerprint density at radius 1 is 1.58 bits per heavy atom. The Balaban J connectivity index is 1.71. The molecule has 1 aromatic heterocycles. The SMILES string of the molecule is O=C(Nc1cnns1)N1C[C@@H]2CCC[C@@]2(C(=O)O)C1. The smallest absolute Gasteiger partial charge is 0.322 e. The van der Waals surface area contributed by atoms with Gasteiger partial charge in [0.1, 0.15) is 5.00 Å². The minimum atomic E-state index is -0.773. The van der Waals surface area contributed by atoms with E-state index in [9.17, 15) is 14.7 Å². The van der Waals surface area contributed by atoms with Crippen LogP contribution in [0.4, 0.5) is 9.80 Å². The zero-order valence-electron chi connectivity index (χ0n) is 10.2. The summed E-state index contributed by atoms with van der Waals surface area (Å²) < 4.78 is 3.67. The van der Waals surface area contributed by atoms with Crippen molar-refractivity contribution in [1.29, 1.82) is 0 Å². The third-order valence-corrected chi connectivity index (χ3v) is 4.76. The summed E-state index contributed by atoms with van der Waals surface area (Å²) in [4.78, 5) is 25.2. The first-order valence-electron chi connectivity index (χ1n) is 6.18. The molecule has 0 spiro atoms. The summed E-state index contributed by atoms with van der Waals surface area (Å²) in [6.07, 6.45) is 3.97. The van der Waals surface area contributed by atoms with Crippen LogP contribution in [0.15, 0.2) is 6.20 Å². The van der Waals surface area contributed by atoms with E-state index in [0.29, 0.717) is 24.5 Å². The molecule has 2 atom stereocenters. The summed E-state index contributed by atoms with van der Waals surface area (Å²) in [5, 5.41) is 16.4. The maximum absolute atomic E-state index is 12.1. The fourth-order valence-corrected chi connectivity index (χ4v) is 3.61. The lowest BCUT2D eigenvalue weighted by atomic mass is 9.81. The maximum Gasteiger partial charge on any atom is 0.322 e. The summed E-state index contributed by atoms with van der Waals surface area (Å²) in [7, 11) is 0. The van der Waals surface area contributed by atoms with Gasteiger partial charge in [0.25, 0.3) is 0 Å². The highest BCUT2D eigenvalue weighted by atomic mass is 32.1.